The van der Waals surface area contributed by atoms with Gasteiger partial charge in [0.05, 0.1) is 6.61 Å². The van der Waals surface area contributed by atoms with E-state index in [0.717, 1.165) is 63.6 Å². The zero-order chi connectivity index (χ0) is 18.6. The molecule has 0 bridgehead atoms. The van der Waals surface area contributed by atoms with Gasteiger partial charge in [0.2, 0.25) is 5.91 Å². The molecule has 1 amide bonds. The number of carbonyl (C=O) groups excluding carboxylic acids is 1. The van der Waals surface area contributed by atoms with Crippen LogP contribution in [0.2, 0.25) is 0 Å². The van der Waals surface area contributed by atoms with Crippen molar-refractivity contribution in [1.29, 1.82) is 0 Å². The van der Waals surface area contributed by atoms with Crippen molar-refractivity contribution in [2.45, 2.75) is 32.1 Å². The summed E-state index contributed by atoms with van der Waals surface area (Å²) in [4.78, 5) is 18.2. The second kappa shape index (κ2) is 13.6. The molecule has 1 aromatic rings. The van der Waals surface area contributed by atoms with Crippen molar-refractivity contribution in [3.8, 4) is 5.75 Å². The molecule has 0 unspecified atom stereocenters. The van der Waals surface area contributed by atoms with Gasteiger partial charge in [0.15, 0.2) is 5.96 Å². The first-order valence-electron chi connectivity index (χ1n) is 9.57. The van der Waals surface area contributed by atoms with E-state index in [1.807, 2.05) is 37.4 Å². The first-order valence-corrected chi connectivity index (χ1v) is 9.57. The molecule has 1 aromatic carbocycles. The highest BCUT2D eigenvalue weighted by atomic mass is 127. The second-order valence-electron chi connectivity index (χ2n) is 6.65. The van der Waals surface area contributed by atoms with Gasteiger partial charge in [0.25, 0.3) is 0 Å². The summed E-state index contributed by atoms with van der Waals surface area (Å²) >= 11 is 0. The molecule has 1 heterocycles. The molecule has 1 aliphatic heterocycles. The number of ether oxygens (including phenoxy) is 1. The van der Waals surface area contributed by atoms with Gasteiger partial charge in [0, 0.05) is 40.2 Å². The number of amides is 1. The summed E-state index contributed by atoms with van der Waals surface area (Å²) in [6.07, 6.45) is 4.77. The van der Waals surface area contributed by atoms with Gasteiger partial charge in [-0.3, -0.25) is 9.79 Å². The SMILES string of the molecule is CN=C(NCCCCOc1ccccc1)N1CCC(CC(=O)NC)CC1.I. The van der Waals surface area contributed by atoms with Crippen molar-refractivity contribution in [3.63, 3.8) is 0 Å². The summed E-state index contributed by atoms with van der Waals surface area (Å²) in [5.74, 6) is 2.52. The third-order valence-electron chi connectivity index (χ3n) is 4.74. The topological polar surface area (TPSA) is 66.0 Å². The highest BCUT2D eigenvalue weighted by Gasteiger charge is 2.22. The van der Waals surface area contributed by atoms with Gasteiger partial charge in [-0.1, -0.05) is 18.2 Å². The molecule has 1 fully saturated rings. The minimum Gasteiger partial charge on any atom is -0.494 e. The van der Waals surface area contributed by atoms with Crippen LogP contribution in [0.3, 0.4) is 0 Å². The Morgan fingerprint density at radius 2 is 1.93 bits per heavy atom. The van der Waals surface area contributed by atoms with Gasteiger partial charge >= 0.3 is 0 Å². The lowest BCUT2D eigenvalue weighted by Gasteiger charge is -2.34. The van der Waals surface area contributed by atoms with E-state index in [4.69, 9.17) is 4.74 Å². The third-order valence-corrected chi connectivity index (χ3v) is 4.74. The fraction of sp³-hybridized carbons (Fsp3) is 0.600. The molecule has 1 aliphatic rings. The first kappa shape index (κ1) is 23.5. The van der Waals surface area contributed by atoms with E-state index < -0.39 is 0 Å². The number of unbranched alkanes of at least 4 members (excludes halogenated alkanes) is 1. The maximum absolute atomic E-state index is 11.5. The Labute approximate surface area is 180 Å². The third kappa shape index (κ3) is 8.81. The Hall–Kier alpha value is -1.51. The number of aliphatic imine (C=N–C) groups is 1. The fourth-order valence-corrected chi connectivity index (χ4v) is 3.18. The number of likely N-dealkylation sites (tertiary alicyclic amines) is 1. The van der Waals surface area contributed by atoms with E-state index in [9.17, 15) is 4.79 Å². The smallest absolute Gasteiger partial charge is 0.220 e. The van der Waals surface area contributed by atoms with E-state index in [-0.39, 0.29) is 29.9 Å². The van der Waals surface area contributed by atoms with Gasteiger partial charge in [-0.25, -0.2) is 0 Å². The molecule has 27 heavy (non-hydrogen) atoms. The van der Waals surface area contributed by atoms with Crippen LogP contribution < -0.4 is 15.4 Å². The van der Waals surface area contributed by atoms with Crippen LogP contribution in [0.1, 0.15) is 32.1 Å². The summed E-state index contributed by atoms with van der Waals surface area (Å²) < 4.78 is 5.71. The van der Waals surface area contributed by atoms with Crippen LogP contribution in [0.25, 0.3) is 0 Å². The van der Waals surface area contributed by atoms with E-state index in [1.54, 1.807) is 7.05 Å². The maximum atomic E-state index is 11.5. The summed E-state index contributed by atoms with van der Waals surface area (Å²) in [7, 11) is 3.53. The molecule has 0 spiro atoms. The number of para-hydroxylation sites is 1. The number of rotatable bonds is 8. The fourth-order valence-electron chi connectivity index (χ4n) is 3.18. The molecule has 152 valence electrons. The average Bonchev–Trinajstić information content (AvgIpc) is 2.69. The monoisotopic (exact) mass is 488 g/mol. The van der Waals surface area contributed by atoms with Gasteiger partial charge in [-0.05, 0) is 43.7 Å². The molecular weight excluding hydrogens is 455 g/mol. The zero-order valence-electron chi connectivity index (χ0n) is 16.4. The quantitative estimate of drug-likeness (QED) is 0.256. The zero-order valence-corrected chi connectivity index (χ0v) is 18.8. The average molecular weight is 488 g/mol. The molecule has 2 N–H and O–H groups in total. The Morgan fingerprint density at radius 1 is 1.22 bits per heavy atom. The van der Waals surface area contributed by atoms with E-state index in [0.29, 0.717) is 12.3 Å². The second-order valence-corrected chi connectivity index (χ2v) is 6.65. The van der Waals surface area contributed by atoms with Crippen LogP contribution in [0, 0.1) is 5.92 Å². The summed E-state index contributed by atoms with van der Waals surface area (Å²) in [5, 5.41) is 6.16. The van der Waals surface area contributed by atoms with Gasteiger partial charge < -0.3 is 20.3 Å². The molecule has 0 aliphatic carbocycles. The highest BCUT2D eigenvalue weighted by molar-refractivity contribution is 14.0. The van der Waals surface area contributed by atoms with Crippen molar-refractivity contribution in [1.82, 2.24) is 15.5 Å². The van der Waals surface area contributed by atoms with Crippen LogP contribution in [0.15, 0.2) is 35.3 Å². The predicted octanol–water partition coefficient (Wildman–Crippen LogP) is 2.89. The van der Waals surface area contributed by atoms with Crippen LogP contribution >= 0.6 is 24.0 Å². The number of nitrogens with one attached hydrogen (secondary N) is 2. The molecule has 6 nitrogen and oxygen atoms in total. The normalized spacial score (nSPS) is 15.0. The molecule has 0 saturated carbocycles. The number of benzene rings is 1. The minimum atomic E-state index is 0. The molecule has 2 rings (SSSR count). The summed E-state index contributed by atoms with van der Waals surface area (Å²) in [6.45, 7) is 3.54. The summed E-state index contributed by atoms with van der Waals surface area (Å²) in [6, 6.07) is 9.92. The number of carbonyl (C=O) groups is 1. The summed E-state index contributed by atoms with van der Waals surface area (Å²) in [5.41, 5.74) is 0. The molecule has 0 aromatic heterocycles. The number of halogens is 1. The number of piperidine rings is 1. The number of guanidine groups is 1. The molecule has 1 saturated heterocycles. The lowest BCUT2D eigenvalue weighted by Crippen LogP contribution is -2.46. The lowest BCUT2D eigenvalue weighted by atomic mass is 9.93. The van der Waals surface area contributed by atoms with Crippen molar-refractivity contribution < 1.29 is 9.53 Å². The van der Waals surface area contributed by atoms with Crippen LogP contribution in [0.4, 0.5) is 0 Å². The van der Waals surface area contributed by atoms with Crippen molar-refractivity contribution in [2.24, 2.45) is 10.9 Å². The van der Waals surface area contributed by atoms with Crippen LogP contribution in [0.5, 0.6) is 5.75 Å². The number of hydrogen-bond donors (Lipinski definition) is 2. The van der Waals surface area contributed by atoms with Crippen LogP contribution in [-0.4, -0.2) is 57.1 Å². The largest absolute Gasteiger partial charge is 0.494 e. The molecular formula is C20H33IN4O2. The highest BCUT2D eigenvalue weighted by Crippen LogP contribution is 2.20. The standard InChI is InChI=1S/C20H32N4O2.HI/c1-21-19(25)16-17-10-13-24(14-11-17)20(22-2)23-12-6-7-15-26-18-8-4-3-5-9-18;/h3-5,8-9,17H,6-7,10-16H2,1-2H3,(H,21,25)(H,22,23);1H. The van der Waals surface area contributed by atoms with Gasteiger partial charge in [0.1, 0.15) is 5.75 Å². The predicted molar refractivity (Wildman–Crippen MR) is 121 cm³/mol. The van der Waals surface area contributed by atoms with Gasteiger partial charge in [-0.15, -0.1) is 24.0 Å². The van der Waals surface area contributed by atoms with E-state index >= 15 is 0 Å². The van der Waals surface area contributed by atoms with Crippen molar-refractivity contribution in [3.05, 3.63) is 30.3 Å². The maximum Gasteiger partial charge on any atom is 0.220 e. The lowest BCUT2D eigenvalue weighted by molar-refractivity contribution is -0.121. The molecule has 7 heteroatoms. The Morgan fingerprint density at radius 3 is 2.56 bits per heavy atom. The molecule has 0 atom stereocenters. The molecule has 0 radical (unpaired) electrons. The van der Waals surface area contributed by atoms with Gasteiger partial charge in [-0.2, -0.15) is 0 Å². The van der Waals surface area contributed by atoms with E-state index in [1.165, 1.54) is 0 Å². The minimum absolute atomic E-state index is 0. The van der Waals surface area contributed by atoms with Crippen LogP contribution in [-0.2, 0) is 4.79 Å². The first-order chi connectivity index (χ1) is 12.7. The Bertz CT molecular complexity index is 560. The van der Waals surface area contributed by atoms with E-state index in [2.05, 4.69) is 20.5 Å². The van der Waals surface area contributed by atoms with Crippen molar-refractivity contribution >= 4 is 35.8 Å². The Balaban J connectivity index is 0.00000364. The number of nitrogens with zero attached hydrogens (tertiary/aromatic N) is 2. The Kier molecular flexibility index (Phi) is 11.9. The van der Waals surface area contributed by atoms with Crippen molar-refractivity contribution in [2.75, 3.05) is 40.3 Å². The number of hydrogen-bond acceptors (Lipinski definition) is 3.